The van der Waals surface area contributed by atoms with Gasteiger partial charge in [0, 0.05) is 38.5 Å². The fraction of sp³-hybridized carbons (Fsp3) is 0.708. The van der Waals surface area contributed by atoms with E-state index in [9.17, 15) is 18.7 Å². The van der Waals surface area contributed by atoms with Gasteiger partial charge in [0.2, 0.25) is 5.91 Å². The summed E-state index contributed by atoms with van der Waals surface area (Å²) in [4.78, 5) is 13.1. The highest BCUT2D eigenvalue weighted by Crippen LogP contribution is 2.43. The lowest BCUT2D eigenvalue weighted by Gasteiger charge is -2.48. The van der Waals surface area contributed by atoms with E-state index in [0.717, 1.165) is 38.2 Å². The van der Waals surface area contributed by atoms with Gasteiger partial charge in [-0.2, -0.15) is 0 Å². The normalized spacial score (nSPS) is 28.7. The summed E-state index contributed by atoms with van der Waals surface area (Å²) >= 11 is 0. The van der Waals surface area contributed by atoms with E-state index in [1.165, 1.54) is 12.1 Å². The molecule has 0 radical (unpaired) electrons. The van der Waals surface area contributed by atoms with Crippen LogP contribution in [0, 0.1) is 23.0 Å². The average molecular weight is 453 g/mol. The van der Waals surface area contributed by atoms with Gasteiger partial charge in [0.05, 0.1) is 6.17 Å². The van der Waals surface area contributed by atoms with E-state index in [4.69, 9.17) is 0 Å². The zero-order chi connectivity index (χ0) is 23.5. The molecule has 8 heteroatoms. The monoisotopic (exact) mass is 452 g/mol. The van der Waals surface area contributed by atoms with Gasteiger partial charge in [-0.05, 0) is 49.3 Å². The Kier molecular flexibility index (Phi) is 8.25. The summed E-state index contributed by atoms with van der Waals surface area (Å²) < 4.78 is 27.4. The van der Waals surface area contributed by atoms with E-state index in [0.29, 0.717) is 24.9 Å². The zero-order valence-electron chi connectivity index (χ0n) is 19.7. The van der Waals surface area contributed by atoms with Crippen molar-refractivity contribution in [3.63, 3.8) is 0 Å². The quantitative estimate of drug-likeness (QED) is 0.566. The first-order valence-electron chi connectivity index (χ1n) is 11.8. The van der Waals surface area contributed by atoms with Gasteiger partial charge in [0.1, 0.15) is 23.9 Å². The molecule has 0 aliphatic carbocycles. The second-order valence-corrected chi connectivity index (χ2v) is 9.64. The number of hydrogen-bond acceptors (Lipinski definition) is 5. The van der Waals surface area contributed by atoms with Crippen LogP contribution in [0.4, 0.5) is 8.78 Å². The lowest BCUT2D eigenvalue weighted by molar-refractivity contribution is -0.132. The van der Waals surface area contributed by atoms with Crippen LogP contribution in [0.1, 0.15) is 57.9 Å². The largest absolute Gasteiger partial charge is 0.377 e. The molecule has 3 N–H and O–H groups in total. The molecule has 2 heterocycles. The maximum atomic E-state index is 13.7. The molecule has 1 aromatic carbocycles. The Labute approximate surface area is 190 Å². The summed E-state index contributed by atoms with van der Waals surface area (Å²) in [5.41, 5.74) is 0.540. The molecule has 6 nitrogen and oxygen atoms in total. The number of hydrogen-bond donors (Lipinski definition) is 3. The molecule has 2 aliphatic heterocycles. The standard InChI is InChI=1S/C24H38F2N4O2/c1-5-7-24(8-6-2)14-17(9-16-10-18(25)12-19(26)11-16)15-27-23(24)28-22(32)20-13-21(31)30(4)29(20)3/h10-12,17,20-21,23,27,31H,5-9,13-15H2,1-4H3,(H,28,32). The molecule has 1 aromatic rings. The maximum Gasteiger partial charge on any atom is 0.240 e. The summed E-state index contributed by atoms with van der Waals surface area (Å²) in [6, 6.07) is 3.32. The summed E-state index contributed by atoms with van der Waals surface area (Å²) in [5.74, 6) is -0.953. The van der Waals surface area contributed by atoms with Gasteiger partial charge in [-0.1, -0.05) is 26.7 Å². The zero-order valence-corrected chi connectivity index (χ0v) is 19.7. The first-order valence-corrected chi connectivity index (χ1v) is 11.8. The van der Waals surface area contributed by atoms with Gasteiger partial charge < -0.3 is 10.4 Å². The Bertz CT molecular complexity index is 767. The summed E-state index contributed by atoms with van der Waals surface area (Å²) in [6.07, 6.45) is 4.89. The van der Waals surface area contributed by atoms with Crippen molar-refractivity contribution < 1.29 is 18.7 Å². The average Bonchev–Trinajstić information content (AvgIpc) is 2.97. The lowest BCUT2D eigenvalue weighted by atomic mass is 9.67. The predicted octanol–water partition coefficient (Wildman–Crippen LogP) is 3.02. The van der Waals surface area contributed by atoms with Crippen LogP contribution >= 0.6 is 0 Å². The number of halogens is 2. The number of hydrazine groups is 1. The molecule has 0 spiro atoms. The molecule has 1 amide bonds. The second kappa shape index (κ2) is 10.5. The van der Waals surface area contributed by atoms with Gasteiger partial charge in [-0.3, -0.25) is 10.1 Å². The number of nitrogens with one attached hydrogen (secondary N) is 2. The van der Waals surface area contributed by atoms with Crippen LogP contribution in [0.3, 0.4) is 0 Å². The fourth-order valence-corrected chi connectivity index (χ4v) is 5.74. The van der Waals surface area contributed by atoms with Gasteiger partial charge in [0.15, 0.2) is 0 Å². The topological polar surface area (TPSA) is 67.8 Å². The number of piperidine rings is 1. The van der Waals surface area contributed by atoms with E-state index in [2.05, 4.69) is 24.5 Å². The molecule has 4 unspecified atom stereocenters. The number of carbonyl (C=O) groups excluding carboxylic acids is 1. The van der Waals surface area contributed by atoms with E-state index in [-0.39, 0.29) is 23.4 Å². The number of benzene rings is 1. The number of rotatable bonds is 8. The molecule has 2 saturated heterocycles. The first-order chi connectivity index (χ1) is 15.2. The highest BCUT2D eigenvalue weighted by Gasteiger charge is 2.45. The molecule has 4 atom stereocenters. The van der Waals surface area contributed by atoms with Crippen molar-refractivity contribution in [3.05, 3.63) is 35.4 Å². The number of aliphatic hydroxyl groups is 1. The smallest absolute Gasteiger partial charge is 0.240 e. The third kappa shape index (κ3) is 5.47. The van der Waals surface area contributed by atoms with Crippen LogP contribution in [0.15, 0.2) is 18.2 Å². The third-order valence-electron chi connectivity index (χ3n) is 7.26. The summed E-state index contributed by atoms with van der Waals surface area (Å²) in [7, 11) is 3.59. The number of amides is 1. The van der Waals surface area contributed by atoms with Gasteiger partial charge in [-0.15, -0.1) is 0 Å². The Balaban J connectivity index is 1.75. The second-order valence-electron chi connectivity index (χ2n) is 9.64. The van der Waals surface area contributed by atoms with Gasteiger partial charge in [0.25, 0.3) is 0 Å². The Morgan fingerprint density at radius 3 is 2.31 bits per heavy atom. The predicted molar refractivity (Wildman–Crippen MR) is 120 cm³/mol. The van der Waals surface area contributed by atoms with Crippen LogP contribution in [0.2, 0.25) is 0 Å². The molecule has 32 heavy (non-hydrogen) atoms. The summed E-state index contributed by atoms with van der Waals surface area (Å²) in [5, 5.41) is 20.4. The first kappa shape index (κ1) is 25.0. The van der Waals surface area contributed by atoms with E-state index < -0.39 is 23.9 Å². The minimum Gasteiger partial charge on any atom is -0.377 e. The molecule has 0 bridgehead atoms. The molecule has 3 rings (SSSR count). The van der Waals surface area contributed by atoms with E-state index >= 15 is 0 Å². The van der Waals surface area contributed by atoms with Gasteiger partial charge >= 0.3 is 0 Å². The molecule has 2 fully saturated rings. The van der Waals surface area contributed by atoms with Crippen LogP contribution in [-0.2, 0) is 11.2 Å². The minimum atomic E-state index is -0.665. The number of aliphatic hydroxyl groups excluding tert-OH is 1. The molecular formula is C24H38F2N4O2. The molecule has 0 aromatic heterocycles. The van der Waals surface area contributed by atoms with Gasteiger partial charge in [-0.25, -0.2) is 18.8 Å². The van der Waals surface area contributed by atoms with Crippen molar-refractivity contribution in [1.29, 1.82) is 0 Å². The molecule has 0 saturated carbocycles. The van der Waals surface area contributed by atoms with Crippen molar-refractivity contribution in [2.75, 3.05) is 20.6 Å². The number of nitrogens with zero attached hydrogens (tertiary/aromatic N) is 2. The van der Waals surface area contributed by atoms with Crippen LogP contribution < -0.4 is 10.6 Å². The Morgan fingerprint density at radius 1 is 1.16 bits per heavy atom. The molecular weight excluding hydrogens is 414 g/mol. The number of likely N-dealkylation sites (N-methyl/N-ethyl adjacent to an activating group) is 1. The van der Waals surface area contributed by atoms with E-state index in [1.807, 2.05) is 7.05 Å². The highest BCUT2D eigenvalue weighted by molar-refractivity contribution is 5.82. The van der Waals surface area contributed by atoms with Crippen LogP contribution in [0.25, 0.3) is 0 Å². The minimum absolute atomic E-state index is 0.0874. The molecule has 2 aliphatic rings. The molecule has 180 valence electrons. The summed E-state index contributed by atoms with van der Waals surface area (Å²) in [6.45, 7) is 4.97. The maximum absolute atomic E-state index is 13.7. The van der Waals surface area contributed by atoms with Crippen molar-refractivity contribution in [2.24, 2.45) is 11.3 Å². The Morgan fingerprint density at radius 2 is 1.78 bits per heavy atom. The fourth-order valence-electron chi connectivity index (χ4n) is 5.74. The van der Waals surface area contributed by atoms with Crippen LogP contribution in [-0.4, -0.2) is 60.1 Å². The highest BCUT2D eigenvalue weighted by atomic mass is 19.1. The van der Waals surface area contributed by atoms with Crippen molar-refractivity contribution in [3.8, 4) is 0 Å². The third-order valence-corrected chi connectivity index (χ3v) is 7.26. The Hall–Kier alpha value is -1.61. The van der Waals surface area contributed by atoms with Crippen LogP contribution in [0.5, 0.6) is 0 Å². The van der Waals surface area contributed by atoms with Crippen molar-refractivity contribution in [1.82, 2.24) is 20.7 Å². The van der Waals surface area contributed by atoms with E-state index in [1.54, 1.807) is 17.1 Å². The number of carbonyl (C=O) groups is 1. The SMILES string of the molecule is CCCC1(CCC)CC(Cc2cc(F)cc(F)c2)CNC1NC(=O)C1CC(O)N(C)N1C. The lowest BCUT2D eigenvalue weighted by Crippen LogP contribution is -2.63. The van der Waals surface area contributed by atoms with Crippen molar-refractivity contribution in [2.45, 2.75) is 77.2 Å². The van der Waals surface area contributed by atoms with Crippen molar-refractivity contribution >= 4 is 5.91 Å².